The maximum atomic E-state index is 14.1. The average Bonchev–Trinajstić information content (AvgIpc) is 3.26. The molecule has 1 fully saturated rings. The lowest BCUT2D eigenvalue weighted by molar-refractivity contribution is -0.117. The topological polar surface area (TPSA) is 101 Å². The van der Waals surface area contributed by atoms with E-state index >= 15 is 0 Å². The van der Waals surface area contributed by atoms with Crippen molar-refractivity contribution in [1.82, 2.24) is 20.3 Å². The Morgan fingerprint density at radius 3 is 2.77 bits per heavy atom. The fourth-order valence-electron chi connectivity index (χ4n) is 3.73. The molecule has 0 saturated carbocycles. The van der Waals surface area contributed by atoms with Crippen molar-refractivity contribution < 1.29 is 13.9 Å². The Bertz CT molecular complexity index is 888. The number of nitrogens with zero attached hydrogens (tertiary/aromatic N) is 3. The van der Waals surface area contributed by atoms with E-state index in [1.54, 1.807) is 19.1 Å². The number of aryl methyl sites for hydroxylation is 1. The third kappa shape index (κ3) is 6.58. The molecule has 0 bridgehead atoms. The maximum Gasteiger partial charge on any atom is 0.232 e. The van der Waals surface area contributed by atoms with Crippen LogP contribution in [0, 0.1) is 5.82 Å². The lowest BCUT2D eigenvalue weighted by Crippen LogP contribution is -2.40. The largest absolute Gasteiger partial charge is 0.494 e. The van der Waals surface area contributed by atoms with Crippen LogP contribution in [0.1, 0.15) is 51.8 Å². The lowest BCUT2D eigenvalue weighted by Gasteiger charge is -2.24. The van der Waals surface area contributed by atoms with Crippen LogP contribution in [0.2, 0.25) is 0 Å². The molecule has 9 heteroatoms. The summed E-state index contributed by atoms with van der Waals surface area (Å²) in [6.07, 6.45) is 4.89. The molecule has 1 aliphatic heterocycles. The van der Waals surface area contributed by atoms with Crippen LogP contribution in [0.4, 0.5) is 22.0 Å². The molecule has 2 atom stereocenters. The summed E-state index contributed by atoms with van der Waals surface area (Å²) < 4.78 is 19.0. The molecule has 0 spiro atoms. The monoisotopic (exact) mass is 430 g/mol. The fraction of sp³-hybridized carbons (Fsp3) is 0.545. The first-order valence-corrected chi connectivity index (χ1v) is 10.8. The summed E-state index contributed by atoms with van der Waals surface area (Å²) in [5.41, 5.74) is 0.509. The number of methoxy groups -OCH3 is 1. The number of ketones is 1. The van der Waals surface area contributed by atoms with Gasteiger partial charge in [0, 0.05) is 36.7 Å². The highest BCUT2D eigenvalue weighted by Gasteiger charge is 2.24. The molecule has 2 unspecified atom stereocenters. The predicted octanol–water partition coefficient (Wildman–Crippen LogP) is 3.62. The van der Waals surface area contributed by atoms with Gasteiger partial charge in [-0.3, -0.25) is 0 Å². The second kappa shape index (κ2) is 11.0. The highest BCUT2D eigenvalue weighted by molar-refractivity contribution is 5.75. The molecule has 31 heavy (non-hydrogen) atoms. The number of anilines is 3. The second-order valence-corrected chi connectivity index (χ2v) is 7.79. The van der Waals surface area contributed by atoms with Gasteiger partial charge in [-0.25, -0.2) is 4.39 Å². The van der Waals surface area contributed by atoms with Crippen LogP contribution in [-0.4, -0.2) is 46.5 Å². The molecular formula is C22H31FN6O2. The van der Waals surface area contributed by atoms with Crippen molar-refractivity contribution in [2.24, 2.45) is 0 Å². The fourth-order valence-corrected chi connectivity index (χ4v) is 3.73. The van der Waals surface area contributed by atoms with Crippen molar-refractivity contribution in [2.75, 3.05) is 24.3 Å². The molecular weight excluding hydrogens is 399 g/mol. The van der Waals surface area contributed by atoms with E-state index in [4.69, 9.17) is 4.74 Å². The third-order valence-corrected chi connectivity index (χ3v) is 5.36. The van der Waals surface area contributed by atoms with Crippen LogP contribution in [0.3, 0.4) is 0 Å². The van der Waals surface area contributed by atoms with Crippen LogP contribution in [0.25, 0.3) is 0 Å². The number of halogens is 1. The van der Waals surface area contributed by atoms with Gasteiger partial charge in [0.05, 0.1) is 7.11 Å². The van der Waals surface area contributed by atoms with Gasteiger partial charge in [0.1, 0.15) is 11.6 Å². The minimum atomic E-state index is -0.472. The van der Waals surface area contributed by atoms with E-state index in [0.717, 1.165) is 25.8 Å². The Kier molecular flexibility index (Phi) is 8.11. The van der Waals surface area contributed by atoms with E-state index in [1.807, 2.05) is 0 Å². The van der Waals surface area contributed by atoms with Crippen molar-refractivity contribution >= 4 is 23.4 Å². The molecule has 1 aromatic carbocycles. The standard InChI is InChI=1S/C22H31FN6O2/c1-4-17(18-8-6-12-24-18)26-22-28-20(9-5-7-14(2)30)27-21(29-22)25-15-10-11-19(31-3)16(23)13-15/h10-11,13,17-18,24H,4-9,12H2,1-3H3,(H2,25,26,27,28,29). The summed E-state index contributed by atoms with van der Waals surface area (Å²) in [6, 6.07) is 5.15. The Hall–Kier alpha value is -2.81. The quantitative estimate of drug-likeness (QED) is 0.497. The first-order chi connectivity index (χ1) is 15.0. The minimum Gasteiger partial charge on any atom is -0.494 e. The molecule has 8 nitrogen and oxygen atoms in total. The number of nitrogens with one attached hydrogen (secondary N) is 3. The molecule has 2 heterocycles. The van der Waals surface area contributed by atoms with Gasteiger partial charge in [-0.05, 0) is 51.3 Å². The number of Topliss-reactive ketones (excluding diaryl/α,β-unsaturated/α-hetero) is 1. The second-order valence-electron chi connectivity index (χ2n) is 7.79. The highest BCUT2D eigenvalue weighted by atomic mass is 19.1. The van der Waals surface area contributed by atoms with E-state index in [-0.39, 0.29) is 17.6 Å². The number of benzene rings is 1. The highest BCUT2D eigenvalue weighted by Crippen LogP contribution is 2.23. The molecule has 2 aromatic rings. The Labute approximate surface area is 182 Å². The van der Waals surface area contributed by atoms with Crippen molar-refractivity contribution in [3.63, 3.8) is 0 Å². The van der Waals surface area contributed by atoms with Crippen LogP contribution >= 0.6 is 0 Å². The maximum absolute atomic E-state index is 14.1. The van der Waals surface area contributed by atoms with E-state index in [0.29, 0.717) is 48.7 Å². The lowest BCUT2D eigenvalue weighted by atomic mass is 10.0. The molecule has 0 radical (unpaired) electrons. The SMILES string of the molecule is CCC(Nc1nc(CCCC(C)=O)nc(Nc2ccc(OC)c(F)c2)n1)C1CCCN1. The van der Waals surface area contributed by atoms with Gasteiger partial charge in [0.25, 0.3) is 0 Å². The zero-order valence-electron chi connectivity index (χ0n) is 18.4. The number of rotatable bonds is 11. The number of ether oxygens (including phenoxy) is 1. The molecule has 0 amide bonds. The molecule has 0 aliphatic carbocycles. The smallest absolute Gasteiger partial charge is 0.232 e. The summed E-state index contributed by atoms with van der Waals surface area (Å²) >= 11 is 0. The summed E-state index contributed by atoms with van der Waals surface area (Å²) in [5, 5.41) is 10.0. The number of hydrogen-bond donors (Lipinski definition) is 3. The van der Waals surface area contributed by atoms with Gasteiger partial charge in [-0.2, -0.15) is 15.0 Å². The van der Waals surface area contributed by atoms with Crippen LogP contribution in [0.5, 0.6) is 5.75 Å². The average molecular weight is 431 g/mol. The molecule has 3 N–H and O–H groups in total. The van der Waals surface area contributed by atoms with E-state index in [1.165, 1.54) is 13.2 Å². The van der Waals surface area contributed by atoms with Crippen molar-refractivity contribution in [1.29, 1.82) is 0 Å². The normalized spacial score (nSPS) is 16.7. The molecule has 1 saturated heterocycles. The molecule has 168 valence electrons. The van der Waals surface area contributed by atoms with Gasteiger partial charge >= 0.3 is 0 Å². The summed E-state index contributed by atoms with van der Waals surface area (Å²) in [7, 11) is 1.42. The van der Waals surface area contributed by atoms with Crippen LogP contribution in [0.15, 0.2) is 18.2 Å². The zero-order valence-corrected chi connectivity index (χ0v) is 18.4. The first-order valence-electron chi connectivity index (χ1n) is 10.8. The number of aromatic nitrogens is 3. The Morgan fingerprint density at radius 1 is 1.32 bits per heavy atom. The summed E-state index contributed by atoms with van der Waals surface area (Å²) in [6.45, 7) is 4.73. The van der Waals surface area contributed by atoms with Crippen LogP contribution < -0.4 is 20.7 Å². The number of hydrogen-bond acceptors (Lipinski definition) is 8. The first kappa shape index (κ1) is 22.9. The van der Waals surface area contributed by atoms with Crippen molar-refractivity contribution in [2.45, 2.75) is 64.5 Å². The van der Waals surface area contributed by atoms with Gasteiger partial charge in [-0.15, -0.1) is 0 Å². The van der Waals surface area contributed by atoms with Gasteiger partial charge in [0.2, 0.25) is 11.9 Å². The number of carbonyl (C=O) groups excluding carboxylic acids is 1. The minimum absolute atomic E-state index is 0.137. The molecule has 1 aliphatic rings. The Balaban J connectivity index is 1.81. The van der Waals surface area contributed by atoms with Crippen molar-refractivity contribution in [3.8, 4) is 5.75 Å². The van der Waals surface area contributed by atoms with E-state index in [9.17, 15) is 9.18 Å². The third-order valence-electron chi connectivity index (χ3n) is 5.36. The van der Waals surface area contributed by atoms with Gasteiger partial charge in [0.15, 0.2) is 11.6 Å². The van der Waals surface area contributed by atoms with E-state index in [2.05, 4.69) is 37.8 Å². The summed E-state index contributed by atoms with van der Waals surface area (Å²) in [5.74, 6) is 1.23. The predicted molar refractivity (Wildman–Crippen MR) is 118 cm³/mol. The Morgan fingerprint density at radius 2 is 2.13 bits per heavy atom. The van der Waals surface area contributed by atoms with Gasteiger partial charge < -0.3 is 25.5 Å². The summed E-state index contributed by atoms with van der Waals surface area (Å²) in [4.78, 5) is 24.8. The van der Waals surface area contributed by atoms with E-state index < -0.39 is 5.82 Å². The molecule has 3 rings (SSSR count). The van der Waals surface area contributed by atoms with Gasteiger partial charge in [-0.1, -0.05) is 6.92 Å². The van der Waals surface area contributed by atoms with Crippen molar-refractivity contribution in [3.05, 3.63) is 29.8 Å². The zero-order chi connectivity index (χ0) is 22.2. The molecule has 1 aromatic heterocycles. The number of carbonyl (C=O) groups is 1. The van der Waals surface area contributed by atoms with Crippen LogP contribution in [-0.2, 0) is 11.2 Å².